The summed E-state index contributed by atoms with van der Waals surface area (Å²) in [6.07, 6.45) is 6.03. The Morgan fingerprint density at radius 2 is 1.71 bits per heavy atom. The molecule has 154 valence electrons. The molecule has 0 spiro atoms. The zero-order valence-corrected chi connectivity index (χ0v) is 17.1. The van der Waals surface area contributed by atoms with Crippen LogP contribution >= 0.6 is 0 Å². The standard InChI is InChI=1S/C20H29N3O4S/c1-15-6-8-18(9-7-15)28(26,27)22-12-19(24)21-13-20(25)23-11-10-16-4-2-3-5-17(16)14-23/h6-9,16-17,22H,2-5,10-14H2,1H3,(H,21,24)/t16-,17-/m1/s1. The number of carbonyl (C=O) groups excluding carboxylic acids is 2. The fraction of sp³-hybridized carbons (Fsp3) is 0.600. The molecular weight excluding hydrogens is 378 g/mol. The maximum atomic E-state index is 12.4. The number of nitrogens with zero attached hydrogens (tertiary/aromatic N) is 1. The third-order valence-corrected chi connectivity index (χ3v) is 7.25. The second-order valence-corrected chi connectivity index (χ2v) is 9.61. The summed E-state index contributed by atoms with van der Waals surface area (Å²) < 4.78 is 26.7. The molecule has 2 atom stereocenters. The molecule has 7 nitrogen and oxygen atoms in total. The molecular formula is C20H29N3O4S. The van der Waals surface area contributed by atoms with Crippen LogP contribution in [-0.4, -0.2) is 51.3 Å². The van der Waals surface area contributed by atoms with Crippen molar-refractivity contribution in [3.8, 4) is 0 Å². The molecule has 2 N–H and O–H groups in total. The maximum Gasteiger partial charge on any atom is 0.241 e. The molecule has 8 heteroatoms. The number of hydrogen-bond acceptors (Lipinski definition) is 4. The molecule has 1 saturated heterocycles. The molecule has 1 aliphatic carbocycles. The van der Waals surface area contributed by atoms with Crippen LogP contribution in [0.5, 0.6) is 0 Å². The van der Waals surface area contributed by atoms with E-state index in [0.29, 0.717) is 5.92 Å². The van der Waals surface area contributed by atoms with E-state index in [-0.39, 0.29) is 17.3 Å². The quantitative estimate of drug-likeness (QED) is 0.746. The molecule has 1 aromatic rings. The lowest BCUT2D eigenvalue weighted by molar-refractivity contribution is -0.135. The molecule has 0 bridgehead atoms. The number of aryl methyl sites for hydroxylation is 1. The lowest BCUT2D eigenvalue weighted by Gasteiger charge is -2.41. The Morgan fingerprint density at radius 3 is 2.43 bits per heavy atom. The summed E-state index contributed by atoms with van der Waals surface area (Å²) in [6, 6.07) is 6.38. The van der Waals surface area contributed by atoms with E-state index in [1.807, 2.05) is 11.8 Å². The van der Waals surface area contributed by atoms with Gasteiger partial charge in [0.05, 0.1) is 18.0 Å². The number of fused-ring (bicyclic) bond motifs is 1. The van der Waals surface area contributed by atoms with Gasteiger partial charge in [0.2, 0.25) is 21.8 Å². The number of carbonyl (C=O) groups is 2. The van der Waals surface area contributed by atoms with Gasteiger partial charge >= 0.3 is 0 Å². The van der Waals surface area contributed by atoms with Crippen LogP contribution in [0.2, 0.25) is 0 Å². The Morgan fingerprint density at radius 1 is 1.04 bits per heavy atom. The number of hydrogen-bond donors (Lipinski definition) is 2. The van der Waals surface area contributed by atoms with Gasteiger partial charge in [-0.15, -0.1) is 0 Å². The minimum Gasteiger partial charge on any atom is -0.346 e. The summed E-state index contributed by atoms with van der Waals surface area (Å²) in [7, 11) is -3.75. The van der Waals surface area contributed by atoms with E-state index >= 15 is 0 Å². The monoisotopic (exact) mass is 407 g/mol. The third-order valence-electron chi connectivity index (χ3n) is 5.83. The van der Waals surface area contributed by atoms with Crippen molar-refractivity contribution in [1.29, 1.82) is 0 Å². The highest BCUT2D eigenvalue weighted by molar-refractivity contribution is 7.89. The van der Waals surface area contributed by atoms with Gasteiger partial charge in [-0.3, -0.25) is 9.59 Å². The van der Waals surface area contributed by atoms with Gasteiger partial charge in [0.15, 0.2) is 0 Å². The normalized spacial score (nSPS) is 22.4. The zero-order chi connectivity index (χ0) is 20.1. The van der Waals surface area contributed by atoms with Gasteiger partial charge in [-0.05, 0) is 43.7 Å². The first-order chi connectivity index (χ1) is 13.3. The highest BCUT2D eigenvalue weighted by Crippen LogP contribution is 2.35. The first kappa shape index (κ1) is 20.8. The van der Waals surface area contributed by atoms with Crippen molar-refractivity contribution in [2.45, 2.75) is 43.9 Å². The summed E-state index contributed by atoms with van der Waals surface area (Å²) >= 11 is 0. The van der Waals surface area contributed by atoms with Gasteiger partial charge in [0, 0.05) is 13.1 Å². The predicted octanol–water partition coefficient (Wildman–Crippen LogP) is 1.43. The zero-order valence-electron chi connectivity index (χ0n) is 16.3. The molecule has 0 radical (unpaired) electrons. The van der Waals surface area contributed by atoms with Crippen LogP contribution in [0.1, 0.15) is 37.7 Å². The second-order valence-electron chi connectivity index (χ2n) is 7.85. The molecule has 1 aliphatic heterocycles. The fourth-order valence-corrected chi connectivity index (χ4v) is 5.12. The molecule has 2 amide bonds. The maximum absolute atomic E-state index is 12.4. The van der Waals surface area contributed by atoms with Crippen molar-refractivity contribution >= 4 is 21.8 Å². The Bertz CT molecular complexity index is 807. The largest absolute Gasteiger partial charge is 0.346 e. The molecule has 1 saturated carbocycles. The molecule has 0 unspecified atom stereocenters. The molecule has 28 heavy (non-hydrogen) atoms. The SMILES string of the molecule is Cc1ccc(S(=O)(=O)NCC(=O)NCC(=O)N2CC[C@H]3CCCC[C@@H]3C2)cc1. The van der Waals surface area contributed by atoms with Crippen molar-refractivity contribution < 1.29 is 18.0 Å². The number of nitrogens with one attached hydrogen (secondary N) is 2. The number of sulfonamides is 1. The van der Waals surface area contributed by atoms with Gasteiger partial charge in [-0.1, -0.05) is 37.0 Å². The van der Waals surface area contributed by atoms with E-state index in [0.717, 1.165) is 31.0 Å². The molecule has 1 aromatic carbocycles. The summed E-state index contributed by atoms with van der Waals surface area (Å²) in [5, 5.41) is 2.53. The van der Waals surface area contributed by atoms with Crippen LogP contribution in [0.4, 0.5) is 0 Å². The minimum atomic E-state index is -3.75. The van der Waals surface area contributed by atoms with Crippen molar-refractivity contribution in [2.75, 3.05) is 26.2 Å². The lowest BCUT2D eigenvalue weighted by atomic mass is 9.75. The van der Waals surface area contributed by atoms with E-state index in [2.05, 4.69) is 10.0 Å². The van der Waals surface area contributed by atoms with Gasteiger partial charge in [0.1, 0.15) is 0 Å². The first-order valence-electron chi connectivity index (χ1n) is 9.96. The summed E-state index contributed by atoms with van der Waals surface area (Å²) in [5.74, 6) is 0.711. The van der Waals surface area contributed by atoms with Crippen LogP contribution < -0.4 is 10.0 Å². The fourth-order valence-electron chi connectivity index (χ4n) is 4.14. The van der Waals surface area contributed by atoms with Crippen molar-refractivity contribution in [3.05, 3.63) is 29.8 Å². The Labute approximate surface area is 166 Å². The van der Waals surface area contributed by atoms with Crippen LogP contribution in [0.25, 0.3) is 0 Å². The summed E-state index contributed by atoms with van der Waals surface area (Å²) in [4.78, 5) is 26.3. The number of likely N-dealkylation sites (tertiary alicyclic amines) is 1. The average Bonchev–Trinajstić information content (AvgIpc) is 2.70. The van der Waals surface area contributed by atoms with Crippen LogP contribution in [0, 0.1) is 18.8 Å². The van der Waals surface area contributed by atoms with Gasteiger partial charge in [0.25, 0.3) is 0 Å². The third kappa shape index (κ3) is 5.32. The average molecular weight is 408 g/mol. The number of benzene rings is 1. The van der Waals surface area contributed by atoms with Crippen LogP contribution in [0.15, 0.2) is 29.2 Å². The Kier molecular flexibility index (Phi) is 6.72. The summed E-state index contributed by atoms with van der Waals surface area (Å²) in [6.45, 7) is 2.90. The Hall–Kier alpha value is -1.93. The smallest absolute Gasteiger partial charge is 0.241 e. The predicted molar refractivity (Wildman–Crippen MR) is 106 cm³/mol. The first-order valence-corrected chi connectivity index (χ1v) is 11.4. The second kappa shape index (κ2) is 9.05. The van der Waals surface area contributed by atoms with Crippen LogP contribution in [0.3, 0.4) is 0 Å². The molecule has 0 aromatic heterocycles. The number of rotatable bonds is 6. The summed E-state index contributed by atoms with van der Waals surface area (Å²) in [5.41, 5.74) is 0.951. The van der Waals surface area contributed by atoms with E-state index in [1.54, 1.807) is 12.1 Å². The molecule has 1 heterocycles. The van der Waals surface area contributed by atoms with Crippen molar-refractivity contribution in [2.24, 2.45) is 11.8 Å². The van der Waals surface area contributed by atoms with E-state index in [9.17, 15) is 18.0 Å². The van der Waals surface area contributed by atoms with Gasteiger partial charge in [-0.25, -0.2) is 13.1 Å². The van der Waals surface area contributed by atoms with Gasteiger partial charge < -0.3 is 10.2 Å². The highest BCUT2D eigenvalue weighted by atomic mass is 32.2. The van der Waals surface area contributed by atoms with E-state index in [1.165, 1.54) is 37.8 Å². The number of amides is 2. The van der Waals surface area contributed by atoms with E-state index < -0.39 is 22.5 Å². The Balaban J connectivity index is 1.42. The van der Waals surface area contributed by atoms with Gasteiger partial charge in [-0.2, -0.15) is 0 Å². The van der Waals surface area contributed by atoms with E-state index in [4.69, 9.17) is 0 Å². The highest BCUT2D eigenvalue weighted by Gasteiger charge is 2.32. The topological polar surface area (TPSA) is 95.6 Å². The molecule has 3 rings (SSSR count). The molecule has 2 aliphatic rings. The minimum absolute atomic E-state index is 0.0948. The van der Waals surface area contributed by atoms with Crippen molar-refractivity contribution in [3.63, 3.8) is 0 Å². The lowest BCUT2D eigenvalue weighted by Crippen LogP contribution is -2.49. The number of piperidine rings is 1. The molecule has 2 fully saturated rings. The van der Waals surface area contributed by atoms with Crippen molar-refractivity contribution in [1.82, 2.24) is 14.9 Å². The van der Waals surface area contributed by atoms with Crippen LogP contribution in [-0.2, 0) is 19.6 Å².